The molecule has 0 aromatic heterocycles. The zero-order chi connectivity index (χ0) is 18.3. The lowest BCUT2D eigenvalue weighted by atomic mass is 9.43. The third kappa shape index (κ3) is 1.81. The van der Waals surface area contributed by atoms with E-state index in [1.165, 1.54) is 6.92 Å². The average Bonchev–Trinajstić information content (AvgIpc) is 2.97. The normalized spacial score (nSPS) is 54.7. The van der Waals surface area contributed by atoms with Crippen LogP contribution in [0.25, 0.3) is 0 Å². The van der Waals surface area contributed by atoms with Gasteiger partial charge in [-0.05, 0) is 62.7 Å². The fraction of sp³-hybridized carbons (Fsp3) is 0.905. The van der Waals surface area contributed by atoms with E-state index in [4.69, 9.17) is 9.47 Å². The highest BCUT2D eigenvalue weighted by Crippen LogP contribution is 2.70. The van der Waals surface area contributed by atoms with Gasteiger partial charge in [0.1, 0.15) is 23.2 Å². The molecule has 26 heavy (non-hydrogen) atoms. The summed E-state index contributed by atoms with van der Waals surface area (Å²) in [4.78, 5) is 24.6. The molecule has 5 fully saturated rings. The lowest BCUT2D eigenvalue weighted by Gasteiger charge is -2.59. The van der Waals surface area contributed by atoms with E-state index in [9.17, 15) is 14.7 Å². The Kier molecular flexibility index (Phi) is 3.43. The number of hydrogen-bond acceptors (Lipinski definition) is 5. The van der Waals surface area contributed by atoms with Crippen molar-refractivity contribution in [1.29, 1.82) is 0 Å². The van der Waals surface area contributed by atoms with E-state index in [-0.39, 0.29) is 35.5 Å². The topological polar surface area (TPSA) is 72.8 Å². The monoisotopic (exact) mass is 362 g/mol. The maximum atomic E-state index is 13.0. The molecular weight excluding hydrogens is 332 g/mol. The first-order valence-electron chi connectivity index (χ1n) is 10.4. The third-order valence-corrected chi connectivity index (χ3v) is 9.08. The minimum Gasteiger partial charge on any atom is -0.462 e. The van der Waals surface area contributed by atoms with Crippen LogP contribution in [0.2, 0.25) is 0 Å². The summed E-state index contributed by atoms with van der Waals surface area (Å²) in [7, 11) is 0. The van der Waals surface area contributed by atoms with Crippen molar-refractivity contribution in [3.8, 4) is 0 Å². The third-order valence-electron chi connectivity index (χ3n) is 9.08. The summed E-state index contributed by atoms with van der Waals surface area (Å²) in [6.45, 7) is 3.77. The Labute approximate surface area is 154 Å². The Morgan fingerprint density at radius 1 is 1.15 bits per heavy atom. The lowest BCUT2D eigenvalue weighted by molar-refractivity contribution is -0.203. The van der Waals surface area contributed by atoms with Gasteiger partial charge in [-0.1, -0.05) is 19.8 Å². The van der Waals surface area contributed by atoms with Crippen LogP contribution in [0, 0.1) is 28.6 Å². The zero-order valence-corrected chi connectivity index (χ0v) is 15.8. The molecule has 0 aromatic rings. The Morgan fingerprint density at radius 2 is 1.92 bits per heavy atom. The van der Waals surface area contributed by atoms with Gasteiger partial charge in [-0.25, -0.2) is 0 Å². The second kappa shape index (κ2) is 5.24. The van der Waals surface area contributed by atoms with Crippen LogP contribution in [0.5, 0.6) is 0 Å². The first kappa shape index (κ1) is 17.0. The van der Waals surface area contributed by atoms with E-state index in [2.05, 4.69) is 6.92 Å². The molecule has 0 radical (unpaired) electrons. The molecule has 2 bridgehead atoms. The molecule has 1 N–H and O–H groups in total. The van der Waals surface area contributed by atoms with E-state index in [0.717, 1.165) is 51.4 Å². The number of aliphatic hydroxyl groups is 1. The van der Waals surface area contributed by atoms with Crippen LogP contribution in [-0.2, 0) is 19.1 Å². The van der Waals surface area contributed by atoms with Crippen molar-refractivity contribution in [3.63, 3.8) is 0 Å². The highest BCUT2D eigenvalue weighted by molar-refractivity contribution is 5.83. The number of hydrogen-bond donors (Lipinski definition) is 1. The molecule has 0 amide bonds. The Balaban J connectivity index is 1.52. The summed E-state index contributed by atoms with van der Waals surface area (Å²) in [6, 6.07) is 0. The summed E-state index contributed by atoms with van der Waals surface area (Å²) in [5.74, 6) is 0.736. The summed E-state index contributed by atoms with van der Waals surface area (Å²) >= 11 is 0. The van der Waals surface area contributed by atoms with E-state index in [1.807, 2.05) is 0 Å². The molecule has 0 spiro atoms. The number of esters is 2. The molecule has 1 saturated heterocycles. The van der Waals surface area contributed by atoms with Crippen molar-refractivity contribution < 1.29 is 24.2 Å². The van der Waals surface area contributed by atoms with Crippen LogP contribution in [-0.4, -0.2) is 34.9 Å². The van der Waals surface area contributed by atoms with E-state index < -0.39 is 11.0 Å². The van der Waals surface area contributed by atoms with Crippen LogP contribution in [0.4, 0.5) is 0 Å². The molecular formula is C21H30O5. The summed E-state index contributed by atoms with van der Waals surface area (Å²) in [5.41, 5.74) is -1.64. The van der Waals surface area contributed by atoms with Crippen LogP contribution in [0.15, 0.2) is 0 Å². The van der Waals surface area contributed by atoms with Crippen molar-refractivity contribution in [2.45, 2.75) is 89.4 Å². The van der Waals surface area contributed by atoms with Crippen molar-refractivity contribution in [2.24, 2.45) is 28.6 Å². The maximum Gasteiger partial charge on any atom is 0.315 e. The minimum absolute atomic E-state index is 0.00388. The number of ether oxygens (including phenoxy) is 2. The van der Waals surface area contributed by atoms with Crippen LogP contribution < -0.4 is 0 Å². The largest absolute Gasteiger partial charge is 0.462 e. The van der Waals surface area contributed by atoms with Crippen LogP contribution in [0.1, 0.15) is 71.6 Å². The number of carbonyl (C=O) groups excluding carboxylic acids is 2. The van der Waals surface area contributed by atoms with Gasteiger partial charge in [-0.3, -0.25) is 9.59 Å². The maximum absolute atomic E-state index is 13.0. The summed E-state index contributed by atoms with van der Waals surface area (Å²) in [5, 5.41) is 11.6. The fourth-order valence-corrected chi connectivity index (χ4v) is 8.02. The predicted octanol–water partition coefficient (Wildman–Crippen LogP) is 2.98. The summed E-state index contributed by atoms with van der Waals surface area (Å²) in [6.07, 6.45) is 7.75. The molecule has 8 unspecified atom stereocenters. The molecule has 5 nitrogen and oxygen atoms in total. The van der Waals surface area contributed by atoms with Crippen molar-refractivity contribution in [3.05, 3.63) is 0 Å². The van der Waals surface area contributed by atoms with Gasteiger partial charge in [0, 0.05) is 12.3 Å². The Bertz CT molecular complexity index is 661. The zero-order valence-electron chi connectivity index (χ0n) is 15.8. The molecule has 144 valence electrons. The molecule has 4 aliphatic carbocycles. The van der Waals surface area contributed by atoms with E-state index in [1.54, 1.807) is 0 Å². The molecule has 5 heteroatoms. The lowest BCUT2D eigenvalue weighted by Crippen LogP contribution is -2.65. The van der Waals surface area contributed by atoms with Gasteiger partial charge in [0.05, 0.1) is 0 Å². The second-order valence-corrected chi connectivity index (χ2v) is 9.83. The second-order valence-electron chi connectivity index (χ2n) is 9.83. The number of fused-ring (bicyclic) bond motifs is 3. The molecule has 1 aliphatic heterocycles. The minimum atomic E-state index is -0.953. The van der Waals surface area contributed by atoms with Gasteiger partial charge in [0.25, 0.3) is 0 Å². The Hall–Kier alpha value is -1.10. The van der Waals surface area contributed by atoms with Gasteiger partial charge in [-0.15, -0.1) is 0 Å². The van der Waals surface area contributed by atoms with Gasteiger partial charge >= 0.3 is 11.9 Å². The quantitative estimate of drug-likeness (QED) is 0.726. The van der Waals surface area contributed by atoms with Crippen molar-refractivity contribution in [2.75, 3.05) is 0 Å². The van der Waals surface area contributed by atoms with E-state index >= 15 is 0 Å². The molecule has 0 aromatic carbocycles. The average molecular weight is 362 g/mol. The van der Waals surface area contributed by atoms with Crippen LogP contribution in [0.3, 0.4) is 0 Å². The van der Waals surface area contributed by atoms with E-state index in [0.29, 0.717) is 18.3 Å². The smallest absolute Gasteiger partial charge is 0.315 e. The predicted molar refractivity (Wildman–Crippen MR) is 92.9 cm³/mol. The fourth-order valence-electron chi connectivity index (χ4n) is 8.02. The highest BCUT2D eigenvalue weighted by Gasteiger charge is 2.76. The molecule has 8 atom stereocenters. The first-order chi connectivity index (χ1) is 12.3. The van der Waals surface area contributed by atoms with Gasteiger partial charge in [-0.2, -0.15) is 0 Å². The van der Waals surface area contributed by atoms with Gasteiger partial charge < -0.3 is 14.6 Å². The molecule has 1 heterocycles. The SMILES string of the molecule is CC(=O)OC1CCC2C3CC4OC(=O)C5(CCCCC45O)C3CCC12C. The Morgan fingerprint density at radius 3 is 2.69 bits per heavy atom. The van der Waals surface area contributed by atoms with Gasteiger partial charge in [0.2, 0.25) is 0 Å². The number of carbonyl (C=O) groups is 2. The van der Waals surface area contributed by atoms with Crippen LogP contribution >= 0.6 is 0 Å². The molecule has 5 rings (SSSR count). The highest BCUT2D eigenvalue weighted by atomic mass is 16.6. The summed E-state index contributed by atoms with van der Waals surface area (Å²) < 4.78 is 11.5. The van der Waals surface area contributed by atoms with Gasteiger partial charge in [0.15, 0.2) is 0 Å². The molecule has 4 saturated carbocycles. The number of rotatable bonds is 1. The van der Waals surface area contributed by atoms with Crippen molar-refractivity contribution >= 4 is 11.9 Å². The molecule has 5 aliphatic rings. The first-order valence-corrected chi connectivity index (χ1v) is 10.4. The standard InChI is InChI=1S/C21H30O5/c1-12(22)25-16-6-5-14-13-11-17-21(24)9-4-3-8-20(21,18(23)26-17)15(13)7-10-19(14,16)2/h13-17,24H,3-11H2,1-2H3. The van der Waals surface area contributed by atoms with Crippen molar-refractivity contribution in [1.82, 2.24) is 0 Å².